The van der Waals surface area contributed by atoms with Gasteiger partial charge in [0.05, 0.1) is 17.7 Å². The van der Waals surface area contributed by atoms with Crippen LogP contribution in [0.15, 0.2) is 18.6 Å². The van der Waals surface area contributed by atoms with Gasteiger partial charge >= 0.3 is 12.0 Å². The van der Waals surface area contributed by atoms with Crippen molar-refractivity contribution in [3.8, 4) is 0 Å². The number of hydrogen-bond acceptors (Lipinski definition) is 4. The summed E-state index contributed by atoms with van der Waals surface area (Å²) < 4.78 is 0. The van der Waals surface area contributed by atoms with Crippen LogP contribution < -0.4 is 5.32 Å². The van der Waals surface area contributed by atoms with E-state index in [0.29, 0.717) is 38.9 Å². The molecule has 1 aliphatic heterocycles. The maximum absolute atomic E-state index is 12.1. The molecule has 0 atom stereocenters. The normalized spacial score (nSPS) is 17.3. The molecule has 0 saturated carbocycles. The maximum Gasteiger partial charge on any atom is 0.317 e. The van der Waals surface area contributed by atoms with E-state index in [1.54, 1.807) is 17.2 Å². The molecule has 21 heavy (non-hydrogen) atoms. The zero-order valence-corrected chi connectivity index (χ0v) is 12.1. The summed E-state index contributed by atoms with van der Waals surface area (Å²) in [5, 5.41) is 12.1. The summed E-state index contributed by atoms with van der Waals surface area (Å²) in [6.45, 7) is 3.17. The number of nitrogens with one attached hydrogen (secondary N) is 1. The number of nitrogens with zero attached hydrogens (tertiary/aromatic N) is 3. The average molecular weight is 292 g/mol. The number of amides is 2. The Labute approximate surface area is 123 Å². The van der Waals surface area contributed by atoms with Gasteiger partial charge in [-0.15, -0.1) is 0 Å². The lowest BCUT2D eigenvalue weighted by Crippen LogP contribution is -2.49. The van der Waals surface area contributed by atoms with Crippen LogP contribution in [0.5, 0.6) is 0 Å². The number of aliphatic carboxylic acids is 1. The van der Waals surface area contributed by atoms with Gasteiger partial charge < -0.3 is 15.3 Å². The first kappa shape index (κ1) is 15.2. The van der Waals surface area contributed by atoms with Gasteiger partial charge in [-0.2, -0.15) is 0 Å². The van der Waals surface area contributed by atoms with E-state index in [1.165, 1.54) is 6.33 Å². The Morgan fingerprint density at radius 3 is 2.67 bits per heavy atom. The number of carbonyl (C=O) groups excluding carboxylic acids is 1. The minimum absolute atomic E-state index is 0.177. The number of likely N-dealkylation sites (tertiary alicyclic amines) is 1. The van der Waals surface area contributed by atoms with Crippen LogP contribution in [-0.2, 0) is 11.3 Å². The Balaban J connectivity index is 1.84. The molecule has 7 nitrogen and oxygen atoms in total. The summed E-state index contributed by atoms with van der Waals surface area (Å²) in [7, 11) is 0. The quantitative estimate of drug-likeness (QED) is 0.871. The van der Waals surface area contributed by atoms with Crippen molar-refractivity contribution in [1.29, 1.82) is 0 Å². The van der Waals surface area contributed by atoms with Crippen LogP contribution >= 0.6 is 0 Å². The molecule has 1 aromatic heterocycles. The van der Waals surface area contributed by atoms with E-state index in [1.807, 2.05) is 6.92 Å². The second-order valence-corrected chi connectivity index (χ2v) is 5.29. The average Bonchev–Trinajstić information content (AvgIpc) is 2.53. The molecule has 2 N–H and O–H groups in total. The highest BCUT2D eigenvalue weighted by molar-refractivity contribution is 5.77. The molecule has 7 heteroatoms. The van der Waals surface area contributed by atoms with Gasteiger partial charge in [0, 0.05) is 19.3 Å². The zero-order chi connectivity index (χ0) is 15.3. The standard InChI is InChI=1S/C14H20N4O3/c1-2-14(12(19)20)4-7-18(8-5-14)13(21)16-9-11-3-6-15-10-17-11/h3,6,10H,2,4-5,7-9H2,1H3,(H,16,21)(H,19,20). The predicted molar refractivity (Wildman–Crippen MR) is 75.4 cm³/mol. The molecule has 2 rings (SSSR count). The number of carboxylic acids is 1. The third-order valence-electron chi connectivity index (χ3n) is 4.20. The highest BCUT2D eigenvalue weighted by Crippen LogP contribution is 2.35. The molecule has 0 unspecified atom stereocenters. The molecule has 0 spiro atoms. The molecular formula is C14H20N4O3. The molecule has 0 bridgehead atoms. The van der Waals surface area contributed by atoms with Gasteiger partial charge in [0.1, 0.15) is 6.33 Å². The SMILES string of the molecule is CCC1(C(=O)O)CCN(C(=O)NCc2ccncn2)CC1. The van der Waals surface area contributed by atoms with E-state index in [9.17, 15) is 14.7 Å². The number of piperidine rings is 1. The second-order valence-electron chi connectivity index (χ2n) is 5.29. The smallest absolute Gasteiger partial charge is 0.317 e. The number of rotatable bonds is 4. The van der Waals surface area contributed by atoms with Gasteiger partial charge in [0.25, 0.3) is 0 Å². The van der Waals surface area contributed by atoms with Crippen LogP contribution in [0.2, 0.25) is 0 Å². The summed E-state index contributed by atoms with van der Waals surface area (Å²) in [6.07, 6.45) is 4.65. The largest absolute Gasteiger partial charge is 0.481 e. The first-order valence-corrected chi connectivity index (χ1v) is 7.08. The summed E-state index contributed by atoms with van der Waals surface area (Å²) in [5.41, 5.74) is 0.0625. The Hall–Kier alpha value is -2.18. The lowest BCUT2D eigenvalue weighted by Gasteiger charge is -2.38. The molecule has 1 saturated heterocycles. The van der Waals surface area contributed by atoms with Gasteiger partial charge in [-0.25, -0.2) is 14.8 Å². The van der Waals surface area contributed by atoms with Crippen molar-refractivity contribution in [2.75, 3.05) is 13.1 Å². The fourth-order valence-corrected chi connectivity index (χ4v) is 2.56. The number of aromatic nitrogens is 2. The van der Waals surface area contributed by atoms with Crippen molar-refractivity contribution < 1.29 is 14.7 Å². The Morgan fingerprint density at radius 1 is 1.43 bits per heavy atom. The Morgan fingerprint density at radius 2 is 2.14 bits per heavy atom. The van der Waals surface area contributed by atoms with Gasteiger partial charge in [-0.05, 0) is 25.3 Å². The summed E-state index contributed by atoms with van der Waals surface area (Å²) in [4.78, 5) is 32.9. The maximum atomic E-state index is 12.1. The third-order valence-corrected chi connectivity index (χ3v) is 4.20. The fraction of sp³-hybridized carbons (Fsp3) is 0.571. The molecule has 2 heterocycles. The molecule has 0 aliphatic carbocycles. The van der Waals surface area contributed by atoms with E-state index in [2.05, 4.69) is 15.3 Å². The minimum Gasteiger partial charge on any atom is -0.481 e. The summed E-state index contributed by atoms with van der Waals surface area (Å²) >= 11 is 0. The topological polar surface area (TPSA) is 95.4 Å². The zero-order valence-electron chi connectivity index (χ0n) is 12.1. The van der Waals surface area contributed by atoms with Crippen LogP contribution in [0.3, 0.4) is 0 Å². The lowest BCUT2D eigenvalue weighted by atomic mass is 9.76. The fourth-order valence-electron chi connectivity index (χ4n) is 2.56. The van der Waals surface area contributed by atoms with Crippen molar-refractivity contribution in [2.24, 2.45) is 5.41 Å². The first-order valence-electron chi connectivity index (χ1n) is 7.08. The van der Waals surface area contributed by atoms with Crippen LogP contribution in [0.25, 0.3) is 0 Å². The molecule has 1 fully saturated rings. The molecule has 1 aromatic rings. The molecule has 2 amide bonds. The molecular weight excluding hydrogens is 272 g/mol. The summed E-state index contributed by atoms with van der Waals surface area (Å²) in [6, 6.07) is 1.56. The van der Waals surface area contributed by atoms with E-state index in [-0.39, 0.29) is 6.03 Å². The van der Waals surface area contributed by atoms with Crippen molar-refractivity contribution in [3.05, 3.63) is 24.3 Å². The third kappa shape index (κ3) is 3.48. The van der Waals surface area contributed by atoms with E-state index in [0.717, 1.165) is 5.69 Å². The van der Waals surface area contributed by atoms with Gasteiger partial charge in [0.15, 0.2) is 0 Å². The molecule has 1 aliphatic rings. The van der Waals surface area contributed by atoms with Crippen molar-refractivity contribution >= 4 is 12.0 Å². The number of urea groups is 1. The lowest BCUT2D eigenvalue weighted by molar-refractivity contribution is -0.151. The van der Waals surface area contributed by atoms with Gasteiger partial charge in [-0.1, -0.05) is 6.92 Å². The number of hydrogen-bond donors (Lipinski definition) is 2. The van der Waals surface area contributed by atoms with E-state index >= 15 is 0 Å². The Kier molecular flexibility index (Phi) is 4.72. The van der Waals surface area contributed by atoms with Gasteiger partial charge in [0.2, 0.25) is 0 Å². The van der Waals surface area contributed by atoms with E-state index < -0.39 is 11.4 Å². The van der Waals surface area contributed by atoms with Gasteiger partial charge in [-0.3, -0.25) is 4.79 Å². The van der Waals surface area contributed by atoms with Crippen LogP contribution in [0.1, 0.15) is 31.9 Å². The molecule has 0 aromatic carbocycles. The van der Waals surface area contributed by atoms with E-state index in [4.69, 9.17) is 0 Å². The predicted octanol–water partition coefficient (Wildman–Crippen LogP) is 1.26. The minimum atomic E-state index is -0.758. The first-order chi connectivity index (χ1) is 10.1. The summed E-state index contributed by atoms with van der Waals surface area (Å²) in [5.74, 6) is -0.758. The highest BCUT2D eigenvalue weighted by atomic mass is 16.4. The molecule has 0 radical (unpaired) electrons. The molecule has 114 valence electrons. The van der Waals surface area contributed by atoms with Crippen molar-refractivity contribution in [3.63, 3.8) is 0 Å². The number of carbonyl (C=O) groups is 2. The second kappa shape index (κ2) is 6.51. The van der Waals surface area contributed by atoms with Crippen molar-refractivity contribution in [1.82, 2.24) is 20.2 Å². The van der Waals surface area contributed by atoms with Crippen LogP contribution in [-0.4, -0.2) is 45.1 Å². The van der Waals surface area contributed by atoms with Crippen molar-refractivity contribution in [2.45, 2.75) is 32.7 Å². The van der Waals surface area contributed by atoms with Crippen LogP contribution in [0, 0.1) is 5.41 Å². The monoisotopic (exact) mass is 292 g/mol. The highest BCUT2D eigenvalue weighted by Gasteiger charge is 2.40. The van der Waals surface area contributed by atoms with Crippen LogP contribution in [0.4, 0.5) is 4.79 Å². The Bertz CT molecular complexity index is 498. The number of carboxylic acid groups (broad SMARTS) is 1.